The number of aliphatic carboxylic acids is 1. The Morgan fingerprint density at radius 1 is 1.00 bits per heavy atom. The molecule has 1 unspecified atom stereocenters. The van der Waals surface area contributed by atoms with Gasteiger partial charge in [0, 0.05) is 18.8 Å². The predicted molar refractivity (Wildman–Crippen MR) is 118 cm³/mol. The predicted octanol–water partition coefficient (Wildman–Crippen LogP) is 3.39. The molecule has 0 spiro atoms. The molecule has 1 amide bonds. The first-order valence-electron chi connectivity index (χ1n) is 10.4. The van der Waals surface area contributed by atoms with Gasteiger partial charge in [0.2, 0.25) is 0 Å². The molecule has 0 fully saturated rings. The molecule has 0 radical (unpaired) electrons. The molecule has 1 atom stereocenters. The number of amides is 1. The van der Waals surface area contributed by atoms with Gasteiger partial charge in [0.15, 0.2) is 5.66 Å². The Balaban J connectivity index is 1.61. The number of ether oxygens (including phenoxy) is 2. The van der Waals surface area contributed by atoms with Gasteiger partial charge in [-0.25, -0.2) is 9.59 Å². The van der Waals surface area contributed by atoms with Crippen molar-refractivity contribution in [3.05, 3.63) is 59.7 Å². The number of rotatable bonds is 7. The first-order chi connectivity index (χ1) is 15.0. The van der Waals surface area contributed by atoms with Gasteiger partial charge >= 0.3 is 18.0 Å². The lowest BCUT2D eigenvalue weighted by Crippen LogP contribution is -2.62. The molecule has 1 aliphatic carbocycles. The Hall–Kier alpha value is -3.39. The van der Waals surface area contributed by atoms with E-state index in [1.165, 1.54) is 0 Å². The van der Waals surface area contributed by atoms with Crippen LogP contribution in [-0.2, 0) is 19.1 Å². The Morgan fingerprint density at radius 2 is 1.53 bits per heavy atom. The van der Waals surface area contributed by atoms with E-state index < -0.39 is 29.3 Å². The molecular formula is C24H28N2O6. The van der Waals surface area contributed by atoms with Crippen LogP contribution in [0.4, 0.5) is 4.79 Å². The van der Waals surface area contributed by atoms with Crippen LogP contribution in [0.5, 0.6) is 0 Å². The van der Waals surface area contributed by atoms with Crippen molar-refractivity contribution in [3.8, 4) is 11.1 Å². The highest BCUT2D eigenvalue weighted by Gasteiger charge is 2.38. The number of nitrogens with one attached hydrogen (secondary N) is 1. The summed E-state index contributed by atoms with van der Waals surface area (Å²) < 4.78 is 10.5. The van der Waals surface area contributed by atoms with Crippen molar-refractivity contribution in [1.82, 2.24) is 5.32 Å². The maximum absolute atomic E-state index is 12.4. The first kappa shape index (κ1) is 23.3. The fraction of sp³-hybridized carbons (Fsp3) is 0.375. The molecule has 0 aromatic heterocycles. The quantitative estimate of drug-likeness (QED) is 0.445. The van der Waals surface area contributed by atoms with Crippen LogP contribution in [0.25, 0.3) is 11.1 Å². The molecule has 0 saturated heterocycles. The van der Waals surface area contributed by atoms with Gasteiger partial charge in [-0.15, -0.1) is 0 Å². The zero-order chi connectivity index (χ0) is 23.5. The van der Waals surface area contributed by atoms with Crippen LogP contribution in [0.3, 0.4) is 0 Å². The molecule has 0 heterocycles. The van der Waals surface area contributed by atoms with Gasteiger partial charge in [-0.1, -0.05) is 48.5 Å². The third-order valence-electron chi connectivity index (χ3n) is 5.20. The van der Waals surface area contributed by atoms with Crippen LogP contribution in [0, 0.1) is 0 Å². The number of carboxylic acid groups (broad SMARTS) is 1. The summed E-state index contributed by atoms with van der Waals surface area (Å²) in [6, 6.07) is 15.9. The lowest BCUT2D eigenvalue weighted by atomic mass is 9.98. The molecular weight excluding hydrogens is 412 g/mol. The summed E-state index contributed by atoms with van der Waals surface area (Å²) >= 11 is 0. The highest BCUT2D eigenvalue weighted by Crippen LogP contribution is 2.44. The van der Waals surface area contributed by atoms with E-state index in [2.05, 4.69) is 5.32 Å². The average Bonchev–Trinajstić information content (AvgIpc) is 3.03. The van der Waals surface area contributed by atoms with Gasteiger partial charge in [-0.05, 0) is 43.0 Å². The molecule has 170 valence electrons. The van der Waals surface area contributed by atoms with Gasteiger partial charge in [0.1, 0.15) is 12.2 Å². The van der Waals surface area contributed by atoms with E-state index in [4.69, 9.17) is 15.2 Å². The monoisotopic (exact) mass is 440 g/mol. The highest BCUT2D eigenvalue weighted by atomic mass is 16.6. The summed E-state index contributed by atoms with van der Waals surface area (Å²) in [4.78, 5) is 36.0. The van der Waals surface area contributed by atoms with Gasteiger partial charge in [-0.2, -0.15) is 0 Å². The molecule has 0 bridgehead atoms. The summed E-state index contributed by atoms with van der Waals surface area (Å²) in [6.45, 7) is 5.05. The molecule has 32 heavy (non-hydrogen) atoms. The third-order valence-corrected chi connectivity index (χ3v) is 5.20. The summed E-state index contributed by atoms with van der Waals surface area (Å²) in [5.74, 6) is -2.18. The number of esters is 1. The van der Waals surface area contributed by atoms with Crippen molar-refractivity contribution in [3.63, 3.8) is 0 Å². The molecule has 3 rings (SSSR count). The van der Waals surface area contributed by atoms with Crippen molar-refractivity contribution < 1.29 is 29.0 Å². The SMILES string of the molecule is CC(C)(C)OC(=O)NC(N)(CCC(=O)OCC1c2ccccc2-c2ccccc21)C(=O)O. The van der Waals surface area contributed by atoms with E-state index in [1.807, 2.05) is 48.5 Å². The van der Waals surface area contributed by atoms with E-state index >= 15 is 0 Å². The number of carbonyl (C=O) groups excluding carboxylic acids is 2. The number of hydrogen-bond donors (Lipinski definition) is 3. The van der Waals surface area contributed by atoms with Gasteiger partial charge < -0.3 is 14.6 Å². The maximum atomic E-state index is 12.4. The molecule has 8 heteroatoms. The van der Waals surface area contributed by atoms with Crippen LogP contribution in [0.1, 0.15) is 50.7 Å². The van der Waals surface area contributed by atoms with E-state index in [1.54, 1.807) is 20.8 Å². The molecule has 2 aromatic carbocycles. The largest absolute Gasteiger partial charge is 0.478 e. The van der Waals surface area contributed by atoms with E-state index in [9.17, 15) is 19.5 Å². The third kappa shape index (κ3) is 5.26. The minimum absolute atomic E-state index is 0.103. The maximum Gasteiger partial charge on any atom is 0.409 e. The second-order valence-corrected chi connectivity index (χ2v) is 8.81. The van der Waals surface area contributed by atoms with Gasteiger partial charge in [0.25, 0.3) is 0 Å². The first-order valence-corrected chi connectivity index (χ1v) is 10.4. The van der Waals surface area contributed by atoms with Crippen molar-refractivity contribution in [2.45, 2.75) is 50.8 Å². The lowest BCUT2D eigenvalue weighted by molar-refractivity contribution is -0.147. The zero-order valence-corrected chi connectivity index (χ0v) is 18.4. The zero-order valence-electron chi connectivity index (χ0n) is 18.4. The van der Waals surface area contributed by atoms with Crippen LogP contribution in [0.2, 0.25) is 0 Å². The number of hydrogen-bond acceptors (Lipinski definition) is 6. The van der Waals surface area contributed by atoms with Crippen LogP contribution in [-0.4, -0.2) is 41.0 Å². The van der Waals surface area contributed by atoms with Crippen LogP contribution >= 0.6 is 0 Å². The number of benzene rings is 2. The van der Waals surface area contributed by atoms with E-state index in [0.29, 0.717) is 0 Å². The van der Waals surface area contributed by atoms with Gasteiger partial charge in [-0.3, -0.25) is 15.8 Å². The van der Waals surface area contributed by atoms with Crippen molar-refractivity contribution in [2.75, 3.05) is 6.61 Å². The number of fused-ring (bicyclic) bond motifs is 3. The van der Waals surface area contributed by atoms with Crippen LogP contribution in [0.15, 0.2) is 48.5 Å². The second kappa shape index (κ2) is 9.00. The van der Waals surface area contributed by atoms with Crippen LogP contribution < -0.4 is 11.1 Å². The fourth-order valence-corrected chi connectivity index (χ4v) is 3.70. The molecule has 8 nitrogen and oxygen atoms in total. The van der Waals surface area contributed by atoms with E-state index in [0.717, 1.165) is 22.3 Å². The molecule has 2 aromatic rings. The molecule has 1 aliphatic rings. The number of nitrogens with two attached hydrogens (primary N) is 1. The topological polar surface area (TPSA) is 128 Å². The van der Waals surface area contributed by atoms with Crippen molar-refractivity contribution >= 4 is 18.0 Å². The number of alkyl carbamates (subject to hydrolysis) is 1. The highest BCUT2D eigenvalue weighted by molar-refractivity contribution is 5.84. The summed E-state index contributed by atoms with van der Waals surface area (Å²) in [5.41, 5.74) is 7.22. The summed E-state index contributed by atoms with van der Waals surface area (Å²) in [5, 5.41) is 11.6. The Morgan fingerprint density at radius 3 is 2.03 bits per heavy atom. The van der Waals surface area contributed by atoms with Gasteiger partial charge in [0.05, 0.1) is 0 Å². The van der Waals surface area contributed by atoms with Crippen molar-refractivity contribution in [2.24, 2.45) is 5.73 Å². The summed E-state index contributed by atoms with van der Waals surface area (Å²) in [7, 11) is 0. The molecule has 0 aliphatic heterocycles. The minimum atomic E-state index is -2.16. The lowest BCUT2D eigenvalue weighted by Gasteiger charge is -2.28. The number of carbonyl (C=O) groups is 3. The Labute approximate surface area is 186 Å². The molecule has 0 saturated carbocycles. The second-order valence-electron chi connectivity index (χ2n) is 8.81. The minimum Gasteiger partial charge on any atom is -0.478 e. The smallest absolute Gasteiger partial charge is 0.409 e. The normalized spacial score (nSPS) is 14.6. The fourth-order valence-electron chi connectivity index (χ4n) is 3.70. The van der Waals surface area contributed by atoms with E-state index in [-0.39, 0.29) is 25.4 Å². The Bertz CT molecular complexity index is 984. The summed E-state index contributed by atoms with van der Waals surface area (Å²) in [6.07, 6.45) is -1.61. The van der Waals surface area contributed by atoms with Crippen molar-refractivity contribution in [1.29, 1.82) is 0 Å². The number of carboxylic acids is 1. The standard InChI is InChI=1S/C24H28N2O6/c1-23(2,3)32-22(30)26-24(25,21(28)29)13-12-20(27)31-14-19-17-10-6-4-8-15(17)16-9-5-7-11-18(16)19/h4-11,19H,12-14,25H2,1-3H3,(H,26,30)(H,28,29). The average molecular weight is 440 g/mol. The molecule has 4 N–H and O–H groups in total. The Kier molecular flexibility index (Phi) is 6.55.